The topological polar surface area (TPSA) is 35.5 Å². The fourth-order valence-corrected chi connectivity index (χ4v) is 6.26. The maximum atomic E-state index is 6.34. The number of benzene rings is 5. The molecule has 0 saturated heterocycles. The summed E-state index contributed by atoms with van der Waals surface area (Å²) in [5, 5.41) is 3.40. The van der Waals surface area contributed by atoms with Crippen LogP contribution in [0.4, 0.5) is 0 Å². The third kappa shape index (κ3) is 3.93. The summed E-state index contributed by atoms with van der Waals surface area (Å²) in [5.41, 5.74) is 13.2. The predicted octanol–water partition coefficient (Wildman–Crippen LogP) is 10.9. The molecular formula is C39H28O3. The van der Waals surface area contributed by atoms with Crippen LogP contribution in [0.3, 0.4) is 0 Å². The summed E-state index contributed by atoms with van der Waals surface area (Å²) < 4.78 is 18.6. The number of furan rings is 2. The van der Waals surface area contributed by atoms with Crippen LogP contribution in [0, 0.1) is 6.92 Å². The van der Waals surface area contributed by atoms with E-state index in [0.717, 1.165) is 60.9 Å². The molecule has 0 bridgehead atoms. The normalized spacial score (nSPS) is 13.1. The first-order chi connectivity index (χ1) is 20.7. The van der Waals surface area contributed by atoms with Crippen LogP contribution in [0.15, 0.2) is 125 Å². The monoisotopic (exact) mass is 544 g/mol. The molecule has 0 unspecified atom stereocenters. The standard InChI is InChI=1S/C39H28O3/c1-3-4-11-36-24(2)34-20-26(16-18-38(34)41-36)25-13-14-28-22-40-23-29-19-27(15-17-30(29)35(28)21-25)31-9-7-10-33-32-8-5-6-12-37(32)42-39(31)33/h3-21H,1,22-23H2,2H3/b11-4-. The van der Waals surface area contributed by atoms with Crippen molar-refractivity contribution in [1.82, 2.24) is 0 Å². The predicted molar refractivity (Wildman–Crippen MR) is 172 cm³/mol. The molecule has 0 amide bonds. The van der Waals surface area contributed by atoms with Gasteiger partial charge in [0.15, 0.2) is 0 Å². The van der Waals surface area contributed by atoms with Gasteiger partial charge in [0, 0.05) is 27.3 Å². The summed E-state index contributed by atoms with van der Waals surface area (Å²) in [4.78, 5) is 0. The SMILES string of the molecule is C=C/C=C\c1oc2ccc(-c3ccc4c(c3)-c3ccc(-c5cccc6c5oc5ccccc56)cc3COC4)cc2c1C. The van der Waals surface area contributed by atoms with Crippen LogP contribution < -0.4 is 0 Å². The van der Waals surface area contributed by atoms with Gasteiger partial charge in [-0.3, -0.25) is 0 Å². The fraction of sp³-hybridized carbons (Fsp3) is 0.0769. The second-order valence-corrected chi connectivity index (χ2v) is 10.9. The summed E-state index contributed by atoms with van der Waals surface area (Å²) >= 11 is 0. The van der Waals surface area contributed by atoms with E-state index in [4.69, 9.17) is 13.6 Å². The summed E-state index contributed by atoms with van der Waals surface area (Å²) in [7, 11) is 0. The lowest BCUT2D eigenvalue weighted by Gasteiger charge is -2.13. The maximum Gasteiger partial charge on any atom is 0.143 e. The summed E-state index contributed by atoms with van der Waals surface area (Å²) in [6.45, 7) is 7.01. The van der Waals surface area contributed by atoms with Crippen LogP contribution in [0.2, 0.25) is 0 Å². The third-order valence-electron chi connectivity index (χ3n) is 8.43. The van der Waals surface area contributed by atoms with Crippen LogP contribution in [-0.4, -0.2) is 0 Å². The highest BCUT2D eigenvalue weighted by molar-refractivity contribution is 6.09. The summed E-state index contributed by atoms with van der Waals surface area (Å²) in [5.74, 6) is 0.865. The van der Waals surface area contributed by atoms with Gasteiger partial charge >= 0.3 is 0 Å². The molecule has 0 radical (unpaired) electrons. The molecule has 0 spiro atoms. The number of hydrogen-bond acceptors (Lipinski definition) is 3. The van der Waals surface area contributed by atoms with Crippen molar-refractivity contribution in [1.29, 1.82) is 0 Å². The Kier molecular flexibility index (Phi) is 5.73. The van der Waals surface area contributed by atoms with Gasteiger partial charge in [0.1, 0.15) is 22.5 Å². The van der Waals surface area contributed by atoms with Crippen molar-refractivity contribution >= 4 is 39.0 Å². The zero-order valence-corrected chi connectivity index (χ0v) is 23.3. The molecule has 3 heteroatoms. The molecule has 202 valence electrons. The molecule has 42 heavy (non-hydrogen) atoms. The molecule has 3 heterocycles. The van der Waals surface area contributed by atoms with Crippen molar-refractivity contribution in [2.75, 3.05) is 0 Å². The number of aryl methyl sites for hydroxylation is 1. The Labute approximate surface area is 244 Å². The Morgan fingerprint density at radius 3 is 2.33 bits per heavy atom. The molecule has 3 nitrogen and oxygen atoms in total. The first-order valence-corrected chi connectivity index (χ1v) is 14.3. The van der Waals surface area contributed by atoms with Crippen LogP contribution in [0.5, 0.6) is 0 Å². The van der Waals surface area contributed by atoms with Crippen molar-refractivity contribution in [2.24, 2.45) is 0 Å². The molecule has 0 fully saturated rings. The van der Waals surface area contributed by atoms with E-state index in [0.29, 0.717) is 13.2 Å². The average molecular weight is 545 g/mol. The second-order valence-electron chi connectivity index (χ2n) is 10.9. The van der Waals surface area contributed by atoms with Gasteiger partial charge in [-0.1, -0.05) is 85.5 Å². The van der Waals surface area contributed by atoms with Crippen molar-refractivity contribution in [3.63, 3.8) is 0 Å². The second kappa shape index (κ2) is 9.76. The molecule has 0 N–H and O–H groups in total. The van der Waals surface area contributed by atoms with Gasteiger partial charge in [-0.2, -0.15) is 0 Å². The molecule has 1 aliphatic rings. The van der Waals surface area contributed by atoms with Crippen LogP contribution in [0.25, 0.3) is 72.4 Å². The van der Waals surface area contributed by atoms with E-state index in [1.54, 1.807) is 6.08 Å². The smallest absolute Gasteiger partial charge is 0.143 e. The highest BCUT2D eigenvalue weighted by atomic mass is 16.5. The van der Waals surface area contributed by atoms with E-state index in [2.05, 4.69) is 98.4 Å². The number of allylic oxidation sites excluding steroid dienone is 2. The molecule has 0 atom stereocenters. The minimum atomic E-state index is 0.560. The van der Waals surface area contributed by atoms with Gasteiger partial charge < -0.3 is 13.6 Å². The highest BCUT2D eigenvalue weighted by Crippen LogP contribution is 2.40. The van der Waals surface area contributed by atoms with Crippen molar-refractivity contribution in [2.45, 2.75) is 20.1 Å². The van der Waals surface area contributed by atoms with Gasteiger partial charge in [-0.25, -0.2) is 0 Å². The number of fused-ring (bicyclic) bond motifs is 7. The third-order valence-corrected chi connectivity index (χ3v) is 8.43. The van der Waals surface area contributed by atoms with E-state index in [1.807, 2.05) is 24.3 Å². The van der Waals surface area contributed by atoms with Crippen molar-refractivity contribution in [3.05, 3.63) is 138 Å². The van der Waals surface area contributed by atoms with Crippen LogP contribution in [-0.2, 0) is 18.0 Å². The van der Waals surface area contributed by atoms with E-state index < -0.39 is 0 Å². The molecule has 8 rings (SSSR count). The molecule has 5 aromatic carbocycles. The van der Waals surface area contributed by atoms with Crippen LogP contribution in [0.1, 0.15) is 22.5 Å². The first-order valence-electron chi connectivity index (χ1n) is 14.3. The van der Waals surface area contributed by atoms with Gasteiger partial charge in [-0.05, 0) is 82.3 Å². The average Bonchev–Trinajstić information content (AvgIpc) is 3.50. The van der Waals surface area contributed by atoms with E-state index >= 15 is 0 Å². The lowest BCUT2D eigenvalue weighted by atomic mass is 9.90. The summed E-state index contributed by atoms with van der Waals surface area (Å²) in [6.07, 6.45) is 5.63. The first kappa shape index (κ1) is 24.7. The number of ether oxygens (including phenoxy) is 1. The quantitative estimate of drug-likeness (QED) is 0.207. The molecule has 1 aliphatic heterocycles. The zero-order chi connectivity index (χ0) is 28.2. The lowest BCUT2D eigenvalue weighted by molar-refractivity contribution is 0.110. The minimum Gasteiger partial charge on any atom is -0.456 e. The molecule has 0 aliphatic carbocycles. The largest absolute Gasteiger partial charge is 0.456 e. The van der Waals surface area contributed by atoms with E-state index in [1.165, 1.54) is 27.8 Å². The number of hydrogen-bond donors (Lipinski definition) is 0. The van der Waals surface area contributed by atoms with Gasteiger partial charge in [0.05, 0.1) is 13.2 Å². The Hall–Kier alpha value is -5.12. The Bertz CT molecular complexity index is 2210. The Morgan fingerprint density at radius 2 is 1.40 bits per heavy atom. The Balaban J connectivity index is 1.22. The van der Waals surface area contributed by atoms with Gasteiger partial charge in [0.2, 0.25) is 0 Å². The minimum absolute atomic E-state index is 0.560. The molecule has 7 aromatic rings. The van der Waals surface area contributed by atoms with Crippen molar-refractivity contribution in [3.8, 4) is 33.4 Å². The van der Waals surface area contributed by atoms with E-state index in [9.17, 15) is 0 Å². The zero-order valence-electron chi connectivity index (χ0n) is 23.3. The fourth-order valence-electron chi connectivity index (χ4n) is 6.26. The maximum absolute atomic E-state index is 6.34. The van der Waals surface area contributed by atoms with Gasteiger partial charge in [0.25, 0.3) is 0 Å². The van der Waals surface area contributed by atoms with Crippen LogP contribution >= 0.6 is 0 Å². The lowest BCUT2D eigenvalue weighted by Crippen LogP contribution is -1.91. The summed E-state index contributed by atoms with van der Waals surface area (Å²) in [6, 6.07) is 34.5. The molecule has 2 aromatic heterocycles. The van der Waals surface area contributed by atoms with E-state index in [-0.39, 0.29) is 0 Å². The van der Waals surface area contributed by atoms with Crippen molar-refractivity contribution < 1.29 is 13.6 Å². The number of rotatable bonds is 4. The highest BCUT2D eigenvalue weighted by Gasteiger charge is 2.19. The molecule has 0 saturated carbocycles. The molecular weight excluding hydrogens is 516 g/mol. The number of para-hydroxylation sites is 2. The van der Waals surface area contributed by atoms with Gasteiger partial charge in [-0.15, -0.1) is 0 Å². The Morgan fingerprint density at radius 1 is 0.619 bits per heavy atom.